The van der Waals surface area contributed by atoms with E-state index in [1.54, 1.807) is 19.1 Å². The minimum atomic E-state index is -1.17. The Balaban J connectivity index is 2.18. The predicted octanol–water partition coefficient (Wildman–Crippen LogP) is 3.26. The summed E-state index contributed by atoms with van der Waals surface area (Å²) in [5, 5.41) is 13.8. The number of aryl methyl sites for hydroxylation is 1. The molecule has 0 fully saturated rings. The highest BCUT2D eigenvalue weighted by atomic mass is 16.6. The van der Waals surface area contributed by atoms with Gasteiger partial charge in [-0.1, -0.05) is 18.2 Å². The van der Waals surface area contributed by atoms with Gasteiger partial charge in [0.05, 0.1) is 22.7 Å². The van der Waals surface area contributed by atoms with Gasteiger partial charge in [-0.15, -0.1) is 0 Å². The summed E-state index contributed by atoms with van der Waals surface area (Å²) in [5.74, 6) is -2.36. The van der Waals surface area contributed by atoms with Crippen molar-refractivity contribution in [2.75, 3.05) is 11.9 Å². The summed E-state index contributed by atoms with van der Waals surface area (Å²) in [7, 11) is 0. The second-order valence-corrected chi connectivity index (χ2v) is 6.10. The molecule has 1 N–H and O–H groups in total. The number of esters is 2. The van der Waals surface area contributed by atoms with Crippen LogP contribution >= 0.6 is 0 Å². The number of carbonyl (C=O) groups is 3. The van der Waals surface area contributed by atoms with E-state index < -0.39 is 34.6 Å². The molecular weight excluding hydrogens is 380 g/mol. The number of nitrogens with one attached hydrogen (secondary N) is 1. The number of ether oxygens (including phenoxy) is 2. The molecule has 1 atom stereocenters. The van der Waals surface area contributed by atoms with E-state index in [-0.39, 0.29) is 17.7 Å². The monoisotopic (exact) mass is 400 g/mol. The molecule has 0 saturated carbocycles. The van der Waals surface area contributed by atoms with E-state index >= 15 is 0 Å². The van der Waals surface area contributed by atoms with Gasteiger partial charge in [-0.05, 0) is 38.5 Å². The number of benzene rings is 2. The molecular formula is C20H20N2O7. The van der Waals surface area contributed by atoms with Gasteiger partial charge in [-0.2, -0.15) is 0 Å². The van der Waals surface area contributed by atoms with Crippen molar-refractivity contribution < 1.29 is 28.8 Å². The van der Waals surface area contributed by atoms with Crippen molar-refractivity contribution in [3.63, 3.8) is 0 Å². The molecule has 0 spiro atoms. The van der Waals surface area contributed by atoms with Gasteiger partial charge in [0, 0.05) is 17.8 Å². The molecule has 0 radical (unpaired) electrons. The van der Waals surface area contributed by atoms with Crippen LogP contribution in [0.1, 0.15) is 40.1 Å². The predicted molar refractivity (Wildman–Crippen MR) is 104 cm³/mol. The minimum Gasteiger partial charge on any atom is -0.462 e. The highest BCUT2D eigenvalue weighted by molar-refractivity contribution is 5.99. The highest BCUT2D eigenvalue weighted by Gasteiger charge is 2.23. The molecule has 9 heteroatoms. The van der Waals surface area contributed by atoms with Gasteiger partial charge in [0.1, 0.15) is 0 Å². The molecule has 1 unspecified atom stereocenters. The van der Waals surface area contributed by atoms with Crippen LogP contribution < -0.4 is 5.32 Å². The lowest BCUT2D eigenvalue weighted by molar-refractivity contribution is -0.384. The first-order valence-electron chi connectivity index (χ1n) is 8.77. The highest BCUT2D eigenvalue weighted by Crippen LogP contribution is 2.20. The van der Waals surface area contributed by atoms with Crippen molar-refractivity contribution in [3.8, 4) is 0 Å². The van der Waals surface area contributed by atoms with E-state index in [0.29, 0.717) is 5.69 Å². The fraction of sp³-hybridized carbons (Fsp3) is 0.250. The summed E-state index contributed by atoms with van der Waals surface area (Å²) in [4.78, 5) is 47.0. The molecule has 0 bridgehead atoms. The molecule has 152 valence electrons. The van der Waals surface area contributed by atoms with E-state index in [9.17, 15) is 24.5 Å². The first-order valence-corrected chi connectivity index (χ1v) is 8.77. The van der Waals surface area contributed by atoms with E-state index in [1.165, 1.54) is 6.92 Å². The third kappa shape index (κ3) is 5.61. The maximum Gasteiger partial charge on any atom is 0.339 e. The van der Waals surface area contributed by atoms with Gasteiger partial charge in [0.25, 0.3) is 11.6 Å². The number of para-hydroxylation sites is 1. The molecule has 0 aliphatic carbocycles. The van der Waals surface area contributed by atoms with Crippen LogP contribution in [0.5, 0.6) is 0 Å². The maximum atomic E-state index is 12.4. The van der Waals surface area contributed by atoms with Crippen molar-refractivity contribution in [3.05, 3.63) is 69.3 Å². The zero-order chi connectivity index (χ0) is 21.6. The number of anilines is 1. The van der Waals surface area contributed by atoms with Crippen molar-refractivity contribution in [1.29, 1.82) is 0 Å². The summed E-state index contributed by atoms with van der Waals surface area (Å²) >= 11 is 0. The number of nitrogens with zero attached hydrogens (tertiary/aromatic N) is 1. The van der Waals surface area contributed by atoms with Crippen LogP contribution in [0.2, 0.25) is 0 Å². The van der Waals surface area contributed by atoms with Gasteiger partial charge in [0.2, 0.25) is 0 Å². The summed E-state index contributed by atoms with van der Waals surface area (Å²) in [6.07, 6.45) is -1.17. The summed E-state index contributed by atoms with van der Waals surface area (Å²) in [6.45, 7) is 4.83. The summed E-state index contributed by atoms with van der Waals surface area (Å²) in [6, 6.07) is 10.2. The molecule has 0 saturated heterocycles. The second-order valence-electron chi connectivity index (χ2n) is 6.10. The second kappa shape index (κ2) is 9.45. The van der Waals surface area contributed by atoms with Crippen LogP contribution in [0.15, 0.2) is 42.5 Å². The van der Waals surface area contributed by atoms with E-state index in [0.717, 1.165) is 23.8 Å². The number of nitro benzene ring substituents is 1. The number of nitro groups is 1. The molecule has 2 aromatic rings. The Morgan fingerprint density at radius 3 is 2.31 bits per heavy atom. The Labute approximate surface area is 166 Å². The molecule has 0 aliphatic rings. The average Bonchev–Trinajstić information content (AvgIpc) is 2.69. The van der Waals surface area contributed by atoms with Gasteiger partial charge in [-0.25, -0.2) is 9.59 Å². The zero-order valence-electron chi connectivity index (χ0n) is 16.1. The van der Waals surface area contributed by atoms with E-state index in [2.05, 4.69) is 5.32 Å². The average molecular weight is 400 g/mol. The number of hydrogen-bond donors (Lipinski definition) is 1. The lowest BCUT2D eigenvalue weighted by Crippen LogP contribution is -2.30. The molecule has 2 rings (SSSR count). The topological polar surface area (TPSA) is 125 Å². The molecule has 29 heavy (non-hydrogen) atoms. The standard InChI is InChI=1S/C20H20N2O7/c1-4-28-19(24)14-9-15(11-16(10-14)22(26)27)20(25)29-13(3)18(23)21-17-8-6-5-7-12(17)2/h5-11,13H,4H2,1-3H3,(H,21,23). The lowest BCUT2D eigenvalue weighted by Gasteiger charge is -2.15. The van der Waals surface area contributed by atoms with Crippen LogP contribution in [0.4, 0.5) is 11.4 Å². The largest absolute Gasteiger partial charge is 0.462 e. The van der Waals surface area contributed by atoms with E-state index in [1.807, 2.05) is 19.1 Å². The third-order valence-corrected chi connectivity index (χ3v) is 3.93. The molecule has 1 amide bonds. The van der Waals surface area contributed by atoms with Crippen molar-refractivity contribution >= 4 is 29.2 Å². The van der Waals surface area contributed by atoms with Crippen LogP contribution in [0.3, 0.4) is 0 Å². The molecule has 0 heterocycles. The first kappa shape index (κ1) is 21.5. The fourth-order valence-corrected chi connectivity index (χ4v) is 2.40. The fourth-order valence-electron chi connectivity index (χ4n) is 2.40. The van der Waals surface area contributed by atoms with Crippen molar-refractivity contribution in [1.82, 2.24) is 0 Å². The van der Waals surface area contributed by atoms with Crippen LogP contribution in [-0.4, -0.2) is 35.5 Å². The number of amides is 1. The maximum absolute atomic E-state index is 12.4. The lowest BCUT2D eigenvalue weighted by atomic mass is 10.1. The van der Waals surface area contributed by atoms with Crippen molar-refractivity contribution in [2.45, 2.75) is 26.9 Å². The Morgan fingerprint density at radius 1 is 1.10 bits per heavy atom. The first-order chi connectivity index (χ1) is 13.7. The Hall–Kier alpha value is -3.75. The molecule has 0 aromatic heterocycles. The SMILES string of the molecule is CCOC(=O)c1cc(C(=O)OC(C)C(=O)Nc2ccccc2C)cc([N+](=O)[O-])c1. The van der Waals surface area contributed by atoms with Crippen LogP contribution in [0.25, 0.3) is 0 Å². The normalized spacial score (nSPS) is 11.3. The van der Waals surface area contributed by atoms with Gasteiger partial charge in [0.15, 0.2) is 6.10 Å². The van der Waals surface area contributed by atoms with Crippen LogP contribution in [-0.2, 0) is 14.3 Å². The minimum absolute atomic E-state index is 0.0669. The Bertz CT molecular complexity index is 956. The number of rotatable bonds is 7. The van der Waals surface area contributed by atoms with Gasteiger partial charge in [-0.3, -0.25) is 14.9 Å². The number of carbonyl (C=O) groups excluding carboxylic acids is 3. The third-order valence-electron chi connectivity index (χ3n) is 3.93. The molecule has 2 aromatic carbocycles. The van der Waals surface area contributed by atoms with Crippen molar-refractivity contribution in [2.24, 2.45) is 0 Å². The number of hydrogen-bond acceptors (Lipinski definition) is 7. The smallest absolute Gasteiger partial charge is 0.339 e. The summed E-state index contributed by atoms with van der Waals surface area (Å²) < 4.78 is 9.93. The van der Waals surface area contributed by atoms with Gasteiger partial charge < -0.3 is 14.8 Å². The molecule has 9 nitrogen and oxygen atoms in total. The quantitative estimate of drug-likeness (QED) is 0.429. The zero-order valence-corrected chi connectivity index (χ0v) is 16.1. The summed E-state index contributed by atoms with van der Waals surface area (Å²) in [5.41, 5.74) is 0.528. The Morgan fingerprint density at radius 2 is 1.72 bits per heavy atom. The number of non-ortho nitro benzene ring substituents is 1. The van der Waals surface area contributed by atoms with Crippen LogP contribution in [0, 0.1) is 17.0 Å². The Kier molecular flexibility index (Phi) is 7.02. The molecule has 0 aliphatic heterocycles. The van der Waals surface area contributed by atoms with Gasteiger partial charge >= 0.3 is 11.9 Å². The van der Waals surface area contributed by atoms with E-state index in [4.69, 9.17) is 9.47 Å².